The van der Waals surface area contributed by atoms with Gasteiger partial charge in [0.15, 0.2) is 5.82 Å². The van der Waals surface area contributed by atoms with Gasteiger partial charge in [0.25, 0.3) is 0 Å². The van der Waals surface area contributed by atoms with Crippen LogP contribution in [-0.2, 0) is 4.74 Å². The van der Waals surface area contributed by atoms with Crippen LogP contribution in [-0.4, -0.2) is 23.3 Å². The molecule has 1 N–H and O–H groups in total. The lowest BCUT2D eigenvalue weighted by molar-refractivity contribution is 0.109. The molecule has 3 rings (SSSR count). The molecule has 0 radical (unpaired) electrons. The average molecular weight is 251 g/mol. The third kappa shape index (κ3) is 2.17. The molecule has 2 heterocycles. The highest BCUT2D eigenvalue weighted by atomic mass is 16.5. The van der Waals surface area contributed by atoms with Gasteiger partial charge < -0.3 is 14.6 Å². The van der Waals surface area contributed by atoms with Gasteiger partial charge in [-0.15, -0.1) is 0 Å². The van der Waals surface area contributed by atoms with Crippen molar-refractivity contribution in [2.24, 2.45) is 5.92 Å². The summed E-state index contributed by atoms with van der Waals surface area (Å²) in [6.07, 6.45) is 6.36. The van der Waals surface area contributed by atoms with E-state index in [2.05, 4.69) is 15.5 Å². The molecule has 1 aromatic rings. The molecule has 1 saturated heterocycles. The van der Waals surface area contributed by atoms with E-state index in [1.807, 2.05) is 6.92 Å². The summed E-state index contributed by atoms with van der Waals surface area (Å²) in [5.41, 5.74) is 0. The first kappa shape index (κ1) is 12.1. The summed E-state index contributed by atoms with van der Waals surface area (Å²) in [5.74, 6) is 2.16. The maximum atomic E-state index is 5.37. The number of ether oxygens (including phenoxy) is 1. The van der Waals surface area contributed by atoms with Crippen molar-refractivity contribution in [1.29, 1.82) is 0 Å². The minimum Gasteiger partial charge on any atom is -0.374 e. The molecule has 1 aliphatic carbocycles. The largest absolute Gasteiger partial charge is 0.374 e. The average Bonchev–Trinajstić information content (AvgIpc) is 3.03. The van der Waals surface area contributed by atoms with Gasteiger partial charge in [0.1, 0.15) is 6.10 Å². The van der Waals surface area contributed by atoms with Gasteiger partial charge in [-0.3, -0.25) is 0 Å². The van der Waals surface area contributed by atoms with E-state index < -0.39 is 0 Å². The lowest BCUT2D eigenvalue weighted by Crippen LogP contribution is -2.30. The van der Waals surface area contributed by atoms with Crippen LogP contribution in [0.1, 0.15) is 62.9 Å². The van der Waals surface area contributed by atoms with Crippen molar-refractivity contribution >= 4 is 0 Å². The van der Waals surface area contributed by atoms with Crippen LogP contribution in [0.2, 0.25) is 0 Å². The Morgan fingerprint density at radius 3 is 3.00 bits per heavy atom. The van der Waals surface area contributed by atoms with E-state index in [4.69, 9.17) is 9.26 Å². The number of nitrogens with one attached hydrogen (secondary N) is 1. The van der Waals surface area contributed by atoms with E-state index in [9.17, 15) is 0 Å². The van der Waals surface area contributed by atoms with E-state index in [0.717, 1.165) is 18.2 Å². The Hall–Kier alpha value is -0.940. The van der Waals surface area contributed by atoms with Gasteiger partial charge >= 0.3 is 0 Å². The molecular formula is C13H21N3O2. The van der Waals surface area contributed by atoms with Crippen molar-refractivity contribution in [1.82, 2.24) is 15.5 Å². The first-order valence-electron chi connectivity index (χ1n) is 6.90. The zero-order chi connectivity index (χ0) is 12.5. The van der Waals surface area contributed by atoms with Crippen LogP contribution >= 0.6 is 0 Å². The molecule has 2 fully saturated rings. The summed E-state index contributed by atoms with van der Waals surface area (Å²) in [7, 11) is 1.66. The second kappa shape index (κ2) is 4.97. The number of nitrogens with zero attached hydrogens (tertiary/aromatic N) is 2. The van der Waals surface area contributed by atoms with Gasteiger partial charge in [0, 0.05) is 13.2 Å². The van der Waals surface area contributed by atoms with Crippen LogP contribution in [0.5, 0.6) is 0 Å². The van der Waals surface area contributed by atoms with Gasteiger partial charge in [0.05, 0.1) is 6.04 Å². The number of hydrogen-bond acceptors (Lipinski definition) is 5. The first-order chi connectivity index (χ1) is 8.78. The Kier molecular flexibility index (Phi) is 3.35. The molecule has 1 aromatic heterocycles. The summed E-state index contributed by atoms with van der Waals surface area (Å²) in [4.78, 5) is 4.46. The molecule has 2 aliphatic rings. The molecule has 1 aliphatic heterocycles. The fourth-order valence-electron chi connectivity index (χ4n) is 3.17. The van der Waals surface area contributed by atoms with E-state index in [0.29, 0.717) is 11.9 Å². The van der Waals surface area contributed by atoms with Crippen LogP contribution in [0.25, 0.3) is 0 Å². The van der Waals surface area contributed by atoms with Crippen molar-refractivity contribution in [2.45, 2.75) is 57.2 Å². The summed E-state index contributed by atoms with van der Waals surface area (Å²) >= 11 is 0. The lowest BCUT2D eigenvalue weighted by Gasteiger charge is -2.24. The van der Waals surface area contributed by atoms with Crippen LogP contribution < -0.4 is 5.32 Å². The molecule has 100 valence electrons. The van der Waals surface area contributed by atoms with Crippen molar-refractivity contribution in [3.05, 3.63) is 11.7 Å². The van der Waals surface area contributed by atoms with E-state index in [1.54, 1.807) is 7.11 Å². The smallest absolute Gasteiger partial charge is 0.243 e. The summed E-state index contributed by atoms with van der Waals surface area (Å²) in [5, 5.41) is 7.64. The maximum Gasteiger partial charge on any atom is 0.243 e. The van der Waals surface area contributed by atoms with Crippen LogP contribution in [0, 0.1) is 5.92 Å². The number of hydrogen-bond donors (Lipinski definition) is 1. The van der Waals surface area contributed by atoms with Gasteiger partial charge in [0.2, 0.25) is 5.89 Å². The standard InChI is InChI=1S/C13H21N3O2/c1-8(17-2)12-15-13(18-16-12)11-7-9-5-3-4-6-10(9)14-11/h8-11,14H,3-7H2,1-2H3. The van der Waals surface area contributed by atoms with Crippen molar-refractivity contribution in [3.63, 3.8) is 0 Å². The van der Waals surface area contributed by atoms with Crippen molar-refractivity contribution in [3.8, 4) is 0 Å². The zero-order valence-electron chi connectivity index (χ0n) is 11.1. The minimum absolute atomic E-state index is 0.105. The third-order valence-electron chi connectivity index (χ3n) is 4.34. The Morgan fingerprint density at radius 1 is 1.39 bits per heavy atom. The molecule has 5 nitrogen and oxygen atoms in total. The van der Waals surface area contributed by atoms with Crippen LogP contribution in [0.3, 0.4) is 0 Å². The quantitative estimate of drug-likeness (QED) is 0.893. The molecule has 0 bridgehead atoms. The third-order valence-corrected chi connectivity index (χ3v) is 4.34. The molecule has 1 saturated carbocycles. The van der Waals surface area contributed by atoms with E-state index in [-0.39, 0.29) is 12.1 Å². The normalized spacial score (nSPS) is 33.3. The van der Waals surface area contributed by atoms with Crippen molar-refractivity contribution < 1.29 is 9.26 Å². The first-order valence-corrected chi connectivity index (χ1v) is 6.90. The molecule has 0 spiro atoms. The zero-order valence-corrected chi connectivity index (χ0v) is 11.1. The molecule has 4 unspecified atom stereocenters. The van der Waals surface area contributed by atoms with E-state index in [1.165, 1.54) is 25.7 Å². The number of methoxy groups -OCH3 is 1. The number of aromatic nitrogens is 2. The number of rotatable bonds is 3. The predicted molar refractivity (Wildman–Crippen MR) is 66.0 cm³/mol. The fraction of sp³-hybridized carbons (Fsp3) is 0.846. The molecule has 0 amide bonds. The van der Waals surface area contributed by atoms with Crippen molar-refractivity contribution in [2.75, 3.05) is 7.11 Å². The molecule has 0 aromatic carbocycles. The monoisotopic (exact) mass is 251 g/mol. The SMILES string of the molecule is COC(C)c1noc(C2CC3CCCCC3N2)n1. The lowest BCUT2D eigenvalue weighted by atomic mass is 9.85. The summed E-state index contributed by atoms with van der Waals surface area (Å²) in [6.45, 7) is 1.93. The van der Waals surface area contributed by atoms with Gasteiger partial charge in [-0.05, 0) is 32.1 Å². The highest BCUT2D eigenvalue weighted by Crippen LogP contribution is 2.38. The number of fused-ring (bicyclic) bond motifs is 1. The Bertz CT molecular complexity index is 393. The van der Waals surface area contributed by atoms with E-state index >= 15 is 0 Å². The molecule has 4 atom stereocenters. The molecule has 5 heteroatoms. The fourth-order valence-corrected chi connectivity index (χ4v) is 3.17. The summed E-state index contributed by atoms with van der Waals surface area (Å²) < 4.78 is 10.6. The van der Waals surface area contributed by atoms with Gasteiger partial charge in [-0.2, -0.15) is 4.98 Å². The second-order valence-corrected chi connectivity index (χ2v) is 5.47. The highest BCUT2D eigenvalue weighted by molar-refractivity contribution is 5.02. The Morgan fingerprint density at radius 2 is 2.22 bits per heavy atom. The molecule has 18 heavy (non-hydrogen) atoms. The summed E-state index contributed by atoms with van der Waals surface area (Å²) in [6, 6.07) is 0.891. The van der Waals surface area contributed by atoms with Gasteiger partial charge in [-0.25, -0.2) is 0 Å². The topological polar surface area (TPSA) is 60.2 Å². The van der Waals surface area contributed by atoms with Crippen LogP contribution in [0.4, 0.5) is 0 Å². The Balaban J connectivity index is 1.70. The Labute approximate surface area is 107 Å². The van der Waals surface area contributed by atoms with Crippen LogP contribution in [0.15, 0.2) is 4.52 Å². The predicted octanol–water partition coefficient (Wildman–Crippen LogP) is 2.37. The second-order valence-electron chi connectivity index (χ2n) is 5.47. The highest BCUT2D eigenvalue weighted by Gasteiger charge is 2.38. The minimum atomic E-state index is -0.105. The maximum absolute atomic E-state index is 5.37. The van der Waals surface area contributed by atoms with Gasteiger partial charge in [-0.1, -0.05) is 18.0 Å². The molecular weight excluding hydrogens is 230 g/mol.